The number of hydrogen-bond donors (Lipinski definition) is 0. The zero-order valence-electron chi connectivity index (χ0n) is 12.1. The quantitative estimate of drug-likeness (QED) is 0.449. The number of ether oxygens (including phenoxy) is 1. The molecule has 0 aromatic heterocycles. The Kier molecular flexibility index (Phi) is 5.10. The van der Waals surface area contributed by atoms with Crippen molar-refractivity contribution in [1.82, 2.24) is 0 Å². The molecule has 2 rings (SSSR count). The lowest BCUT2D eigenvalue weighted by atomic mass is 10.2. The van der Waals surface area contributed by atoms with Crippen LogP contribution in [0.15, 0.2) is 23.1 Å². The number of benzene rings is 2. The smallest absolute Gasteiger partial charge is 0.345 e. The van der Waals surface area contributed by atoms with E-state index in [-0.39, 0.29) is 10.6 Å². The van der Waals surface area contributed by atoms with E-state index in [9.17, 15) is 26.0 Å². The van der Waals surface area contributed by atoms with E-state index in [1.54, 1.807) is 6.07 Å². The number of nitrogens with zero attached hydrogens (tertiary/aromatic N) is 1. The van der Waals surface area contributed by atoms with E-state index < -0.39 is 49.8 Å². The van der Waals surface area contributed by atoms with Crippen molar-refractivity contribution in [3.8, 4) is 17.6 Å². The summed E-state index contributed by atoms with van der Waals surface area (Å²) in [5.41, 5.74) is 0.0497. The molecular formula is C14H6ClF4NO4S. The van der Waals surface area contributed by atoms with Crippen molar-refractivity contribution in [3.63, 3.8) is 0 Å². The Labute approximate surface area is 144 Å². The molecule has 0 aliphatic carbocycles. The Balaban J connectivity index is 2.60. The number of methoxy groups -OCH3 is 1. The van der Waals surface area contributed by atoms with Gasteiger partial charge in [-0.05, 0) is 18.2 Å². The highest BCUT2D eigenvalue weighted by molar-refractivity contribution is 7.87. The minimum absolute atomic E-state index is 0.0497. The molecule has 0 aliphatic heterocycles. The SMILES string of the molecule is COc1c(F)c(F)c(S(=O)(=O)Oc2ccc(C#N)cc2Cl)c(F)c1F. The first kappa shape index (κ1) is 18.8. The molecule has 0 fully saturated rings. The van der Waals surface area contributed by atoms with Crippen LogP contribution in [0.4, 0.5) is 17.6 Å². The Morgan fingerprint density at radius 1 is 1.08 bits per heavy atom. The standard InChI is InChI=1S/C14H6ClF4NO4S/c1-23-13-9(16)11(18)14(12(19)10(13)17)25(21,22)24-8-3-2-6(5-20)4-7(8)15/h2-4H,1H3. The largest absolute Gasteiger partial charge is 0.491 e. The topological polar surface area (TPSA) is 76.4 Å². The highest BCUT2D eigenvalue weighted by atomic mass is 35.5. The average molecular weight is 396 g/mol. The van der Waals surface area contributed by atoms with Gasteiger partial charge in [-0.2, -0.15) is 22.5 Å². The molecule has 2 aromatic rings. The molecule has 5 nitrogen and oxygen atoms in total. The van der Waals surface area contributed by atoms with Gasteiger partial charge in [0.05, 0.1) is 23.8 Å². The van der Waals surface area contributed by atoms with Crippen LogP contribution >= 0.6 is 11.6 Å². The van der Waals surface area contributed by atoms with Crippen LogP contribution in [0.2, 0.25) is 5.02 Å². The van der Waals surface area contributed by atoms with Crippen molar-refractivity contribution in [2.24, 2.45) is 0 Å². The lowest BCUT2D eigenvalue weighted by Crippen LogP contribution is -2.17. The summed E-state index contributed by atoms with van der Waals surface area (Å²) in [7, 11) is -4.60. The van der Waals surface area contributed by atoms with Gasteiger partial charge in [0.1, 0.15) is 0 Å². The summed E-state index contributed by atoms with van der Waals surface area (Å²) < 4.78 is 87.8. The molecule has 0 aliphatic rings. The lowest BCUT2D eigenvalue weighted by molar-refractivity contribution is 0.320. The average Bonchev–Trinajstić information content (AvgIpc) is 2.55. The predicted octanol–water partition coefficient (Wildman–Crippen LogP) is 3.54. The van der Waals surface area contributed by atoms with E-state index in [0.29, 0.717) is 0 Å². The first-order valence-electron chi connectivity index (χ1n) is 6.18. The molecular weight excluding hydrogens is 390 g/mol. The number of halogens is 5. The summed E-state index contributed by atoms with van der Waals surface area (Å²) in [6.45, 7) is 0. The van der Waals surface area contributed by atoms with Gasteiger partial charge in [-0.25, -0.2) is 8.78 Å². The van der Waals surface area contributed by atoms with Gasteiger partial charge in [0, 0.05) is 0 Å². The molecule has 0 saturated heterocycles. The van der Waals surface area contributed by atoms with Crippen LogP contribution in [0.25, 0.3) is 0 Å². The molecule has 0 N–H and O–H groups in total. The third-order valence-electron chi connectivity index (χ3n) is 2.90. The van der Waals surface area contributed by atoms with Crippen molar-refractivity contribution >= 4 is 21.7 Å². The Bertz CT molecular complexity index is 976. The minimum atomic E-state index is -5.34. The van der Waals surface area contributed by atoms with Crippen LogP contribution in [-0.2, 0) is 10.1 Å². The van der Waals surface area contributed by atoms with Gasteiger partial charge in [-0.15, -0.1) is 0 Å². The molecule has 25 heavy (non-hydrogen) atoms. The minimum Gasteiger partial charge on any atom is -0.491 e. The second-order valence-electron chi connectivity index (χ2n) is 4.41. The summed E-state index contributed by atoms with van der Waals surface area (Å²) in [4.78, 5) is -1.98. The van der Waals surface area contributed by atoms with Gasteiger partial charge in [-0.3, -0.25) is 0 Å². The van der Waals surface area contributed by atoms with Gasteiger partial charge in [-0.1, -0.05) is 11.6 Å². The lowest BCUT2D eigenvalue weighted by Gasteiger charge is -2.12. The second-order valence-corrected chi connectivity index (χ2v) is 6.30. The molecule has 2 aromatic carbocycles. The van der Waals surface area contributed by atoms with Crippen LogP contribution in [0.5, 0.6) is 11.5 Å². The van der Waals surface area contributed by atoms with Crippen molar-refractivity contribution < 1.29 is 34.9 Å². The third-order valence-corrected chi connectivity index (χ3v) is 4.45. The first-order valence-corrected chi connectivity index (χ1v) is 7.96. The molecule has 0 amide bonds. The fraction of sp³-hybridized carbons (Fsp3) is 0.0714. The summed E-state index contributed by atoms with van der Waals surface area (Å²) in [5.74, 6) is -10.6. The monoisotopic (exact) mass is 395 g/mol. The zero-order chi connectivity index (χ0) is 18.9. The fourth-order valence-electron chi connectivity index (χ4n) is 1.79. The summed E-state index contributed by atoms with van der Waals surface area (Å²) in [5, 5.41) is 8.31. The summed E-state index contributed by atoms with van der Waals surface area (Å²) >= 11 is 5.70. The normalized spacial score (nSPS) is 11.1. The molecule has 0 spiro atoms. The fourth-order valence-corrected chi connectivity index (χ4v) is 3.14. The van der Waals surface area contributed by atoms with Gasteiger partial charge in [0.2, 0.25) is 11.6 Å². The molecule has 0 heterocycles. The van der Waals surface area contributed by atoms with Gasteiger partial charge in [0.15, 0.2) is 28.0 Å². The maximum atomic E-state index is 13.9. The maximum Gasteiger partial charge on any atom is 0.345 e. The predicted molar refractivity (Wildman–Crippen MR) is 76.8 cm³/mol. The number of rotatable bonds is 4. The number of hydrogen-bond acceptors (Lipinski definition) is 5. The molecule has 0 radical (unpaired) electrons. The Morgan fingerprint density at radius 2 is 1.64 bits per heavy atom. The van der Waals surface area contributed by atoms with Gasteiger partial charge in [0.25, 0.3) is 0 Å². The van der Waals surface area contributed by atoms with Crippen molar-refractivity contribution in [2.75, 3.05) is 7.11 Å². The van der Waals surface area contributed by atoms with Crippen molar-refractivity contribution in [1.29, 1.82) is 5.26 Å². The molecule has 0 atom stereocenters. The summed E-state index contributed by atoms with van der Waals surface area (Å²) in [6, 6.07) is 4.78. The van der Waals surface area contributed by atoms with Crippen molar-refractivity contribution in [2.45, 2.75) is 4.90 Å². The van der Waals surface area contributed by atoms with Crippen molar-refractivity contribution in [3.05, 3.63) is 52.1 Å². The van der Waals surface area contributed by atoms with E-state index >= 15 is 0 Å². The zero-order valence-corrected chi connectivity index (χ0v) is 13.7. The molecule has 0 bridgehead atoms. The third kappa shape index (κ3) is 3.33. The second kappa shape index (κ2) is 6.78. The van der Waals surface area contributed by atoms with Crippen LogP contribution < -0.4 is 8.92 Å². The molecule has 132 valence electrons. The van der Waals surface area contributed by atoms with Gasteiger partial charge < -0.3 is 8.92 Å². The van der Waals surface area contributed by atoms with E-state index in [4.69, 9.17) is 16.9 Å². The van der Waals surface area contributed by atoms with E-state index in [1.165, 1.54) is 0 Å². The summed E-state index contributed by atoms with van der Waals surface area (Å²) in [6.07, 6.45) is 0. The molecule has 0 unspecified atom stereocenters. The van der Waals surface area contributed by atoms with Crippen LogP contribution in [0, 0.1) is 34.6 Å². The first-order chi connectivity index (χ1) is 11.6. The van der Waals surface area contributed by atoms with Crippen LogP contribution in [0.1, 0.15) is 5.56 Å². The van der Waals surface area contributed by atoms with Crippen LogP contribution in [0.3, 0.4) is 0 Å². The van der Waals surface area contributed by atoms with E-state index in [2.05, 4.69) is 8.92 Å². The van der Waals surface area contributed by atoms with E-state index in [0.717, 1.165) is 25.3 Å². The highest BCUT2D eigenvalue weighted by Gasteiger charge is 2.35. The molecule has 0 saturated carbocycles. The van der Waals surface area contributed by atoms with E-state index in [1.807, 2.05) is 0 Å². The maximum absolute atomic E-state index is 13.9. The molecule has 11 heteroatoms. The van der Waals surface area contributed by atoms with Gasteiger partial charge >= 0.3 is 10.1 Å². The Morgan fingerprint density at radius 3 is 2.08 bits per heavy atom. The number of nitriles is 1. The van der Waals surface area contributed by atoms with Crippen LogP contribution in [-0.4, -0.2) is 15.5 Å². The highest BCUT2D eigenvalue weighted by Crippen LogP contribution is 2.35. The Hall–Kier alpha value is -2.51.